The van der Waals surface area contributed by atoms with Gasteiger partial charge in [0.15, 0.2) is 0 Å². The number of carbonyl (C=O) groups excluding carboxylic acids is 1. The van der Waals surface area contributed by atoms with Crippen molar-refractivity contribution in [3.63, 3.8) is 0 Å². The van der Waals surface area contributed by atoms with Crippen molar-refractivity contribution in [3.05, 3.63) is 48.0 Å². The molecule has 0 radical (unpaired) electrons. The molecule has 1 aromatic rings. The van der Waals surface area contributed by atoms with Crippen LogP contribution in [-0.4, -0.2) is 17.1 Å². The molecule has 1 aromatic carbocycles. The zero-order valence-electron chi connectivity index (χ0n) is 18.7. The highest BCUT2D eigenvalue weighted by molar-refractivity contribution is 5.76. The van der Waals surface area contributed by atoms with Gasteiger partial charge in [-0.1, -0.05) is 94.4 Å². The Kier molecular flexibility index (Phi) is 15.1. The van der Waals surface area contributed by atoms with Crippen molar-refractivity contribution >= 4 is 5.91 Å². The van der Waals surface area contributed by atoms with E-state index in [-0.39, 0.29) is 18.1 Å². The van der Waals surface area contributed by atoms with Crippen LogP contribution < -0.4 is 5.32 Å². The van der Waals surface area contributed by atoms with E-state index in [1.807, 2.05) is 37.3 Å². The Hall–Kier alpha value is -1.61. The van der Waals surface area contributed by atoms with Crippen LogP contribution in [0, 0.1) is 0 Å². The Balaban J connectivity index is 1.93. The summed E-state index contributed by atoms with van der Waals surface area (Å²) in [6.07, 6.45) is 18.2. The van der Waals surface area contributed by atoms with Crippen LogP contribution in [0.15, 0.2) is 42.5 Å². The zero-order chi connectivity index (χ0) is 21.2. The predicted molar refractivity (Wildman–Crippen MR) is 124 cm³/mol. The predicted octanol–water partition coefficient (Wildman–Crippen LogP) is 6.87. The molecule has 3 heteroatoms. The lowest BCUT2D eigenvalue weighted by atomic mass is 10.1. The summed E-state index contributed by atoms with van der Waals surface area (Å²) in [5.74, 6) is 0.150. The van der Waals surface area contributed by atoms with Crippen molar-refractivity contribution in [2.45, 2.75) is 109 Å². The molecule has 164 valence electrons. The van der Waals surface area contributed by atoms with Crippen LogP contribution in [0.3, 0.4) is 0 Å². The lowest BCUT2D eigenvalue weighted by molar-refractivity contribution is -0.121. The molecule has 1 rings (SSSR count). The van der Waals surface area contributed by atoms with E-state index >= 15 is 0 Å². The minimum atomic E-state index is -0.168. The fourth-order valence-corrected chi connectivity index (χ4v) is 3.51. The highest BCUT2D eigenvalue weighted by atomic mass is 16.3. The molecular weight excluding hydrogens is 358 g/mol. The maximum Gasteiger partial charge on any atom is 0.220 e. The van der Waals surface area contributed by atoms with Gasteiger partial charge in [0.25, 0.3) is 0 Å². The van der Waals surface area contributed by atoms with E-state index in [1.165, 1.54) is 38.5 Å². The van der Waals surface area contributed by atoms with Crippen LogP contribution in [0.25, 0.3) is 0 Å². The summed E-state index contributed by atoms with van der Waals surface area (Å²) < 4.78 is 0. The van der Waals surface area contributed by atoms with Gasteiger partial charge in [0.05, 0.1) is 12.1 Å². The molecule has 0 fully saturated rings. The highest BCUT2D eigenvalue weighted by Gasteiger charge is 2.08. The van der Waals surface area contributed by atoms with Crippen molar-refractivity contribution in [1.29, 1.82) is 0 Å². The zero-order valence-corrected chi connectivity index (χ0v) is 18.7. The summed E-state index contributed by atoms with van der Waals surface area (Å²) in [5, 5.41) is 13.0. The van der Waals surface area contributed by atoms with Gasteiger partial charge in [0, 0.05) is 6.42 Å². The molecule has 2 N–H and O–H groups in total. The summed E-state index contributed by atoms with van der Waals surface area (Å²) in [6.45, 7) is 4.25. The Morgan fingerprint density at radius 3 is 2.41 bits per heavy atom. The Morgan fingerprint density at radius 1 is 0.966 bits per heavy atom. The number of aliphatic hydroxyl groups excluding tert-OH is 1. The first-order valence-corrected chi connectivity index (χ1v) is 11.8. The molecule has 0 unspecified atom stereocenters. The van der Waals surface area contributed by atoms with E-state index in [0.717, 1.165) is 44.1 Å². The van der Waals surface area contributed by atoms with Crippen molar-refractivity contribution in [3.8, 4) is 0 Å². The molecule has 29 heavy (non-hydrogen) atoms. The Labute approximate surface area is 179 Å². The lowest BCUT2D eigenvalue weighted by Gasteiger charge is -2.14. The van der Waals surface area contributed by atoms with Crippen LogP contribution in [0.5, 0.6) is 0 Å². The van der Waals surface area contributed by atoms with Gasteiger partial charge in [-0.15, -0.1) is 0 Å². The third-order valence-electron chi connectivity index (χ3n) is 5.42. The van der Waals surface area contributed by atoms with Gasteiger partial charge in [-0.25, -0.2) is 0 Å². The number of unbranched alkanes of at least 4 members (excludes halogenated alkanes) is 8. The first kappa shape index (κ1) is 25.4. The molecule has 0 bridgehead atoms. The number of nitrogens with one attached hydrogen (secondary N) is 1. The smallest absolute Gasteiger partial charge is 0.220 e. The Bertz CT molecular complexity index is 541. The van der Waals surface area contributed by atoms with E-state index in [1.54, 1.807) is 0 Å². The average Bonchev–Trinajstić information content (AvgIpc) is 2.73. The molecule has 0 aliphatic rings. The number of carbonyl (C=O) groups is 1. The van der Waals surface area contributed by atoms with Gasteiger partial charge >= 0.3 is 0 Å². The number of benzene rings is 1. The topological polar surface area (TPSA) is 49.3 Å². The number of hydrogen-bond acceptors (Lipinski definition) is 2. The van der Waals surface area contributed by atoms with E-state index in [0.29, 0.717) is 6.42 Å². The number of aliphatic hydroxyl groups is 1. The standard InChI is InChI=1S/C26H43NO2/c1-3-4-5-15-20-25(28)21-16-10-8-6-7-9-11-17-22-26(29)27-23(2)24-18-13-12-14-19-24/h10,12-14,16,18-19,23,25,28H,3-9,11,15,17,20-22H2,1-2H3,(H,27,29)/b16-10-/t23-,25+/m0/s1. The molecule has 0 saturated carbocycles. The van der Waals surface area contributed by atoms with E-state index < -0.39 is 0 Å². The van der Waals surface area contributed by atoms with Crippen molar-refractivity contribution < 1.29 is 9.90 Å². The van der Waals surface area contributed by atoms with E-state index in [9.17, 15) is 9.90 Å². The van der Waals surface area contributed by atoms with Gasteiger partial charge in [-0.3, -0.25) is 4.79 Å². The summed E-state index contributed by atoms with van der Waals surface area (Å²) in [5.41, 5.74) is 1.15. The molecule has 0 aromatic heterocycles. The van der Waals surface area contributed by atoms with Gasteiger partial charge < -0.3 is 10.4 Å². The minimum Gasteiger partial charge on any atom is -0.393 e. The second-order valence-electron chi connectivity index (χ2n) is 8.22. The molecule has 0 aliphatic carbocycles. The maximum atomic E-state index is 12.0. The number of rotatable bonds is 17. The summed E-state index contributed by atoms with van der Waals surface area (Å²) >= 11 is 0. The molecule has 1 amide bonds. The van der Waals surface area contributed by atoms with Crippen molar-refractivity contribution in [2.75, 3.05) is 0 Å². The normalized spacial score (nSPS) is 13.5. The van der Waals surface area contributed by atoms with Gasteiger partial charge in [-0.2, -0.15) is 0 Å². The van der Waals surface area contributed by atoms with Crippen LogP contribution in [-0.2, 0) is 4.79 Å². The Morgan fingerprint density at radius 2 is 1.66 bits per heavy atom. The van der Waals surface area contributed by atoms with E-state index in [2.05, 4.69) is 24.4 Å². The highest BCUT2D eigenvalue weighted by Crippen LogP contribution is 2.13. The maximum absolute atomic E-state index is 12.0. The quantitative estimate of drug-likeness (QED) is 0.221. The van der Waals surface area contributed by atoms with E-state index in [4.69, 9.17) is 0 Å². The van der Waals surface area contributed by atoms with Crippen molar-refractivity contribution in [2.24, 2.45) is 0 Å². The molecule has 2 atom stereocenters. The number of amides is 1. The fraction of sp³-hybridized carbons (Fsp3) is 0.654. The largest absolute Gasteiger partial charge is 0.393 e. The van der Waals surface area contributed by atoms with Crippen LogP contribution >= 0.6 is 0 Å². The number of allylic oxidation sites excluding steroid dienone is 1. The first-order chi connectivity index (χ1) is 14.1. The summed E-state index contributed by atoms with van der Waals surface area (Å²) in [6, 6.07) is 10.2. The third-order valence-corrected chi connectivity index (χ3v) is 5.42. The molecule has 0 saturated heterocycles. The molecule has 0 aliphatic heterocycles. The SMILES string of the molecule is CCCCCC[C@@H](O)C/C=C\CCCCCCCC(=O)N[C@@H](C)c1ccccc1. The first-order valence-electron chi connectivity index (χ1n) is 11.8. The second-order valence-corrected chi connectivity index (χ2v) is 8.22. The fourth-order valence-electron chi connectivity index (χ4n) is 3.51. The van der Waals surface area contributed by atoms with Gasteiger partial charge in [0.2, 0.25) is 5.91 Å². The monoisotopic (exact) mass is 401 g/mol. The molecule has 0 heterocycles. The number of hydrogen-bond donors (Lipinski definition) is 2. The summed E-state index contributed by atoms with van der Waals surface area (Å²) in [7, 11) is 0. The van der Waals surface area contributed by atoms with Crippen LogP contribution in [0.1, 0.15) is 109 Å². The third kappa shape index (κ3) is 14.1. The minimum absolute atomic E-state index is 0.0744. The summed E-state index contributed by atoms with van der Waals surface area (Å²) in [4.78, 5) is 12.0. The lowest BCUT2D eigenvalue weighted by Crippen LogP contribution is -2.26. The second kappa shape index (κ2) is 17.3. The molecule has 3 nitrogen and oxygen atoms in total. The average molecular weight is 402 g/mol. The molecule has 0 spiro atoms. The van der Waals surface area contributed by atoms with Crippen LogP contribution in [0.4, 0.5) is 0 Å². The van der Waals surface area contributed by atoms with Gasteiger partial charge in [-0.05, 0) is 44.6 Å². The van der Waals surface area contributed by atoms with Crippen molar-refractivity contribution in [1.82, 2.24) is 5.32 Å². The van der Waals surface area contributed by atoms with Gasteiger partial charge in [0.1, 0.15) is 0 Å². The van der Waals surface area contributed by atoms with Crippen LogP contribution in [0.2, 0.25) is 0 Å². The molecular formula is C26H43NO2.